The van der Waals surface area contributed by atoms with E-state index in [1.807, 2.05) is 13.8 Å². The summed E-state index contributed by atoms with van der Waals surface area (Å²) in [6, 6.07) is 4.56. The fourth-order valence-electron chi connectivity index (χ4n) is 1.32. The van der Waals surface area contributed by atoms with Gasteiger partial charge in [0.1, 0.15) is 8.53 Å². The Bertz CT molecular complexity index is 365. The van der Waals surface area contributed by atoms with Gasteiger partial charge in [-0.15, -0.1) is 4.72 Å². The average Bonchev–Trinajstić information content (AvgIpc) is 2.27. The molecule has 0 bridgehead atoms. The van der Waals surface area contributed by atoms with E-state index in [9.17, 15) is 8.94 Å². The molecule has 6 heteroatoms. The number of hydrogen-bond donors (Lipinski definition) is 1. The highest BCUT2D eigenvalue weighted by Gasteiger charge is 2.14. The van der Waals surface area contributed by atoms with Gasteiger partial charge in [-0.1, -0.05) is 13.0 Å². The van der Waals surface area contributed by atoms with Crippen LogP contribution in [-0.4, -0.2) is 11.2 Å². The van der Waals surface area contributed by atoms with Crippen molar-refractivity contribution in [1.29, 1.82) is 0 Å². The lowest BCUT2D eigenvalue weighted by atomic mass is 10.1. The number of halogens is 2. The summed E-state index contributed by atoms with van der Waals surface area (Å²) < 4.78 is 32.6. The van der Waals surface area contributed by atoms with Gasteiger partial charge in [0.2, 0.25) is 0 Å². The lowest BCUT2D eigenvalue weighted by molar-refractivity contribution is 0.300. The molecule has 0 amide bonds. The maximum atomic E-state index is 13.4. The van der Waals surface area contributed by atoms with E-state index in [-0.39, 0.29) is 17.6 Å². The van der Waals surface area contributed by atoms with Gasteiger partial charge in [-0.2, -0.15) is 0 Å². The summed E-state index contributed by atoms with van der Waals surface area (Å²) in [5, 5.41) is 0. The van der Waals surface area contributed by atoms with Crippen LogP contribution in [0.3, 0.4) is 0 Å². The first kappa shape index (κ1) is 15.0. The largest absolute Gasteiger partial charge is 0.590 e. The molecule has 0 radical (unpaired) electrons. The Morgan fingerprint density at radius 3 is 2.88 bits per heavy atom. The number of benzene rings is 1. The summed E-state index contributed by atoms with van der Waals surface area (Å²) in [5.74, 6) is -0.123. The lowest BCUT2D eigenvalue weighted by Gasteiger charge is -2.14. The molecule has 3 nitrogen and oxygen atoms in total. The zero-order valence-electron chi connectivity index (χ0n) is 9.70. The Hall–Kier alpha value is -0.0500. The predicted molar refractivity (Wildman–Crippen MR) is 75.9 cm³/mol. The smallest absolute Gasteiger partial charge is 0.274 e. The van der Waals surface area contributed by atoms with Crippen molar-refractivity contribution >= 4 is 29.7 Å². The highest BCUT2D eigenvalue weighted by Crippen LogP contribution is 2.23. The molecular formula is C11H15FINO2S. The molecule has 0 aromatic heterocycles. The van der Waals surface area contributed by atoms with Crippen molar-refractivity contribution in [1.82, 2.24) is 4.72 Å². The van der Waals surface area contributed by atoms with Gasteiger partial charge in [0, 0.05) is 0 Å². The van der Waals surface area contributed by atoms with E-state index in [0.29, 0.717) is 6.61 Å². The Morgan fingerprint density at radius 1 is 1.59 bits per heavy atom. The molecule has 2 atom stereocenters. The summed E-state index contributed by atoms with van der Waals surface area (Å²) in [6.07, 6.45) is 0.829. The molecule has 0 fully saturated rings. The molecule has 96 valence electrons. The molecular weight excluding hydrogens is 356 g/mol. The zero-order valence-corrected chi connectivity index (χ0v) is 12.7. The maximum absolute atomic E-state index is 13.4. The van der Waals surface area contributed by atoms with Crippen LogP contribution in [0.1, 0.15) is 31.9 Å². The third-order valence-electron chi connectivity index (χ3n) is 2.19. The first-order chi connectivity index (χ1) is 8.04. The van der Waals surface area contributed by atoms with E-state index >= 15 is 0 Å². The molecule has 0 aliphatic rings. The summed E-state index contributed by atoms with van der Waals surface area (Å²) in [5.41, 5.74) is 0.850. The number of nitrogens with one attached hydrogen (secondary N) is 1. The van der Waals surface area contributed by atoms with Gasteiger partial charge < -0.3 is 9.29 Å². The van der Waals surface area contributed by atoms with Crippen molar-refractivity contribution in [3.63, 3.8) is 0 Å². The van der Waals surface area contributed by atoms with Crippen LogP contribution < -0.4 is 9.46 Å². The third-order valence-corrected chi connectivity index (χ3v) is 3.49. The van der Waals surface area contributed by atoms with E-state index in [4.69, 9.17) is 4.74 Å². The first-order valence-corrected chi connectivity index (χ1v) is 9.00. The Labute approximate surface area is 116 Å². The molecule has 0 aliphatic carbocycles. The van der Waals surface area contributed by atoms with Gasteiger partial charge in [0.25, 0.3) is 21.2 Å². The second kappa shape index (κ2) is 7.40. The fourth-order valence-corrected chi connectivity index (χ4v) is 2.88. The van der Waals surface area contributed by atoms with Crippen LogP contribution in [0, 0.1) is 5.82 Å². The van der Waals surface area contributed by atoms with Crippen LogP contribution in [0.2, 0.25) is 0 Å². The van der Waals surface area contributed by atoms with Crippen molar-refractivity contribution in [3.8, 4) is 5.75 Å². The van der Waals surface area contributed by atoms with E-state index in [2.05, 4.69) is 4.72 Å². The topological polar surface area (TPSA) is 44.3 Å². The molecule has 1 rings (SSSR count). The maximum Gasteiger partial charge on any atom is 0.274 e. The van der Waals surface area contributed by atoms with Crippen LogP contribution in [0.5, 0.6) is 5.75 Å². The van der Waals surface area contributed by atoms with Gasteiger partial charge in [-0.25, -0.2) is 4.39 Å². The normalized spacial score (nSPS) is 14.4. The van der Waals surface area contributed by atoms with Gasteiger partial charge in [0.05, 0.1) is 12.6 Å². The summed E-state index contributed by atoms with van der Waals surface area (Å²) in [7, 11) is -1.13. The van der Waals surface area contributed by atoms with Gasteiger partial charge in [0.15, 0.2) is 11.6 Å². The molecule has 1 N–H and O–H groups in total. The van der Waals surface area contributed by atoms with Crippen LogP contribution in [0.4, 0.5) is 4.39 Å². The van der Waals surface area contributed by atoms with Crippen LogP contribution in [-0.2, 0) is 8.53 Å². The summed E-state index contributed by atoms with van der Waals surface area (Å²) in [4.78, 5) is 0. The van der Waals surface area contributed by atoms with Crippen LogP contribution in [0.15, 0.2) is 18.2 Å². The quantitative estimate of drug-likeness (QED) is 0.617. The minimum Gasteiger partial charge on any atom is -0.590 e. The minimum absolute atomic E-state index is 0.114. The SMILES string of the molecule is CCCOc1cc(C(C)N[S@@+]([O-])I)ccc1F. The van der Waals surface area contributed by atoms with Gasteiger partial charge >= 0.3 is 0 Å². The van der Waals surface area contributed by atoms with Crippen molar-refractivity contribution in [2.75, 3.05) is 6.61 Å². The predicted octanol–water partition coefficient (Wildman–Crippen LogP) is 3.28. The lowest BCUT2D eigenvalue weighted by Crippen LogP contribution is -2.21. The van der Waals surface area contributed by atoms with E-state index < -0.39 is 8.53 Å². The molecule has 17 heavy (non-hydrogen) atoms. The Balaban J connectivity index is 2.80. The average molecular weight is 371 g/mol. The van der Waals surface area contributed by atoms with Gasteiger partial charge in [-0.3, -0.25) is 0 Å². The second-order valence-electron chi connectivity index (χ2n) is 3.60. The molecule has 0 saturated heterocycles. The van der Waals surface area contributed by atoms with E-state index in [0.717, 1.165) is 12.0 Å². The first-order valence-electron chi connectivity index (χ1n) is 5.31. The fraction of sp³-hybridized carbons (Fsp3) is 0.455. The molecule has 1 unspecified atom stereocenters. The number of rotatable bonds is 6. The molecule has 1 aromatic carbocycles. The molecule has 0 heterocycles. The summed E-state index contributed by atoms with van der Waals surface area (Å²) in [6.45, 7) is 4.32. The van der Waals surface area contributed by atoms with Crippen LogP contribution in [0.25, 0.3) is 0 Å². The molecule has 0 spiro atoms. The summed E-state index contributed by atoms with van der Waals surface area (Å²) >= 11 is 1.78. The van der Waals surface area contributed by atoms with Crippen LogP contribution >= 0.6 is 21.2 Å². The Kier molecular flexibility index (Phi) is 6.53. The Morgan fingerprint density at radius 2 is 2.29 bits per heavy atom. The standard InChI is InChI=1S/C11H15FINO2S/c1-3-6-16-11-7-9(4-5-10(11)12)8(2)14-17(13)15/h4-5,7-8,14H,3,6H2,1-2H3/t8?,17-/m0/s1. The minimum atomic E-state index is -1.13. The second-order valence-corrected chi connectivity index (χ2v) is 6.68. The van der Waals surface area contributed by atoms with E-state index in [1.54, 1.807) is 33.3 Å². The highest BCUT2D eigenvalue weighted by atomic mass is 127. The van der Waals surface area contributed by atoms with Gasteiger partial charge in [-0.05, 0) is 31.0 Å². The van der Waals surface area contributed by atoms with Crippen molar-refractivity contribution in [3.05, 3.63) is 29.6 Å². The van der Waals surface area contributed by atoms with Crippen molar-refractivity contribution in [2.24, 2.45) is 0 Å². The number of hydrogen-bond acceptors (Lipinski definition) is 3. The van der Waals surface area contributed by atoms with Crippen molar-refractivity contribution < 1.29 is 13.7 Å². The monoisotopic (exact) mass is 371 g/mol. The zero-order chi connectivity index (χ0) is 12.8. The highest BCUT2D eigenvalue weighted by molar-refractivity contribution is 14.2. The number of ether oxygens (including phenoxy) is 1. The van der Waals surface area contributed by atoms with E-state index in [1.165, 1.54) is 6.07 Å². The van der Waals surface area contributed by atoms with Crippen molar-refractivity contribution in [2.45, 2.75) is 26.3 Å². The molecule has 1 aromatic rings. The molecule has 0 saturated carbocycles. The molecule has 0 aliphatic heterocycles. The third kappa shape index (κ3) is 4.99.